The van der Waals surface area contributed by atoms with Crippen LogP contribution in [0.25, 0.3) is 0 Å². The van der Waals surface area contributed by atoms with E-state index in [-0.39, 0.29) is 0 Å². The second kappa shape index (κ2) is 6.05. The van der Waals surface area contributed by atoms with Crippen LogP contribution in [0.3, 0.4) is 0 Å². The normalized spacial score (nSPS) is 27.1. The zero-order chi connectivity index (χ0) is 13.0. The molecule has 1 aliphatic rings. The molecule has 1 aromatic heterocycles. The third-order valence-corrected chi connectivity index (χ3v) is 4.94. The van der Waals surface area contributed by atoms with E-state index in [4.69, 9.17) is 11.0 Å². The molecular formula is C13H16BrN3S. The zero-order valence-electron chi connectivity index (χ0n) is 10.1. The highest BCUT2D eigenvalue weighted by atomic mass is 79.9. The van der Waals surface area contributed by atoms with Crippen LogP contribution in [0.15, 0.2) is 27.8 Å². The molecular weight excluding hydrogens is 310 g/mol. The minimum Gasteiger partial charge on any atom is -0.313 e. The minimum absolute atomic E-state index is 0.338. The molecule has 0 radical (unpaired) electrons. The van der Waals surface area contributed by atoms with Crippen LogP contribution in [-0.2, 0) is 0 Å². The molecule has 2 unspecified atom stereocenters. The summed E-state index contributed by atoms with van der Waals surface area (Å²) >= 11 is 5.10. The molecule has 2 N–H and O–H groups in total. The topological polar surface area (TPSA) is 62.7 Å². The summed E-state index contributed by atoms with van der Waals surface area (Å²) in [5, 5.41) is 10.2. The van der Waals surface area contributed by atoms with Crippen molar-refractivity contribution in [2.24, 2.45) is 11.7 Å². The minimum atomic E-state index is -0.590. The van der Waals surface area contributed by atoms with Gasteiger partial charge < -0.3 is 5.73 Å². The SMILES string of the molecule is N#CC1(N)CCCC1CCSc1ccc(Br)cn1. The van der Waals surface area contributed by atoms with Crippen molar-refractivity contribution in [1.29, 1.82) is 5.26 Å². The molecule has 0 aromatic carbocycles. The number of rotatable bonds is 4. The maximum absolute atomic E-state index is 9.14. The molecule has 5 heteroatoms. The van der Waals surface area contributed by atoms with Gasteiger partial charge in [-0.25, -0.2) is 4.98 Å². The Kier molecular flexibility index (Phi) is 4.66. The molecule has 0 aliphatic heterocycles. The second-order valence-electron chi connectivity index (χ2n) is 4.69. The molecule has 1 heterocycles. The van der Waals surface area contributed by atoms with Gasteiger partial charge in [-0.1, -0.05) is 6.42 Å². The molecule has 1 saturated carbocycles. The number of thioether (sulfide) groups is 1. The molecule has 0 spiro atoms. The van der Waals surface area contributed by atoms with Gasteiger partial charge in [-0.3, -0.25) is 0 Å². The Bertz CT molecular complexity index is 443. The number of hydrogen-bond donors (Lipinski definition) is 1. The van der Waals surface area contributed by atoms with Gasteiger partial charge in [-0.05, 0) is 59.0 Å². The fraction of sp³-hybridized carbons (Fsp3) is 0.538. The second-order valence-corrected chi connectivity index (χ2v) is 6.72. The van der Waals surface area contributed by atoms with Crippen molar-refractivity contribution in [1.82, 2.24) is 4.98 Å². The molecule has 1 aromatic rings. The number of aromatic nitrogens is 1. The van der Waals surface area contributed by atoms with E-state index in [9.17, 15) is 0 Å². The predicted molar refractivity (Wildman–Crippen MR) is 77.2 cm³/mol. The number of nitrogens with two attached hydrogens (primary N) is 1. The Hall–Kier alpha value is -0.570. The van der Waals surface area contributed by atoms with Crippen LogP contribution in [0.2, 0.25) is 0 Å². The summed E-state index contributed by atoms with van der Waals surface area (Å²) in [6, 6.07) is 6.29. The van der Waals surface area contributed by atoms with Crippen molar-refractivity contribution in [2.75, 3.05) is 5.75 Å². The molecule has 18 heavy (non-hydrogen) atoms. The van der Waals surface area contributed by atoms with E-state index in [0.717, 1.165) is 40.9 Å². The summed E-state index contributed by atoms with van der Waals surface area (Å²) in [5.41, 5.74) is 5.52. The van der Waals surface area contributed by atoms with Gasteiger partial charge in [0.1, 0.15) is 5.54 Å². The summed E-state index contributed by atoms with van der Waals surface area (Å²) < 4.78 is 0.994. The largest absolute Gasteiger partial charge is 0.313 e. The summed E-state index contributed by atoms with van der Waals surface area (Å²) in [7, 11) is 0. The first-order valence-corrected chi connectivity index (χ1v) is 7.86. The van der Waals surface area contributed by atoms with Crippen LogP contribution in [0, 0.1) is 17.2 Å². The van der Waals surface area contributed by atoms with Gasteiger partial charge >= 0.3 is 0 Å². The number of hydrogen-bond acceptors (Lipinski definition) is 4. The van der Waals surface area contributed by atoms with Crippen LogP contribution < -0.4 is 5.73 Å². The summed E-state index contributed by atoms with van der Waals surface area (Å²) in [5.74, 6) is 1.31. The van der Waals surface area contributed by atoms with Crippen molar-refractivity contribution in [2.45, 2.75) is 36.2 Å². The fourth-order valence-corrected chi connectivity index (χ4v) is 3.54. The van der Waals surface area contributed by atoms with Gasteiger partial charge in [0, 0.05) is 10.7 Å². The lowest BCUT2D eigenvalue weighted by molar-refractivity contribution is 0.389. The molecule has 0 saturated heterocycles. The van der Waals surface area contributed by atoms with Crippen LogP contribution in [0.1, 0.15) is 25.7 Å². The smallest absolute Gasteiger partial charge is 0.107 e. The predicted octanol–water partition coefficient (Wildman–Crippen LogP) is 3.35. The average molecular weight is 326 g/mol. The fourth-order valence-electron chi connectivity index (χ4n) is 2.41. The molecule has 2 rings (SSSR count). The maximum atomic E-state index is 9.14. The van der Waals surface area contributed by atoms with Gasteiger partial charge in [0.2, 0.25) is 0 Å². The van der Waals surface area contributed by atoms with Crippen molar-refractivity contribution in [3.63, 3.8) is 0 Å². The van der Waals surface area contributed by atoms with E-state index in [1.807, 2.05) is 12.1 Å². The molecule has 0 amide bonds. The third kappa shape index (κ3) is 3.25. The van der Waals surface area contributed by atoms with Gasteiger partial charge in [0.25, 0.3) is 0 Å². The quantitative estimate of drug-likeness (QED) is 0.862. The van der Waals surface area contributed by atoms with Crippen LogP contribution in [0.4, 0.5) is 0 Å². The molecule has 1 fully saturated rings. The Balaban J connectivity index is 1.82. The lowest BCUT2D eigenvalue weighted by atomic mass is 9.88. The Labute approximate surface area is 120 Å². The van der Waals surface area contributed by atoms with Crippen molar-refractivity contribution < 1.29 is 0 Å². The van der Waals surface area contributed by atoms with Crippen LogP contribution in [0.5, 0.6) is 0 Å². The Morgan fingerprint density at radius 3 is 3.11 bits per heavy atom. The third-order valence-electron chi connectivity index (χ3n) is 3.50. The Morgan fingerprint density at radius 1 is 1.61 bits per heavy atom. The van der Waals surface area contributed by atoms with Gasteiger partial charge in [-0.15, -0.1) is 11.8 Å². The van der Waals surface area contributed by atoms with E-state index < -0.39 is 5.54 Å². The first kappa shape index (κ1) is 13.9. The first-order chi connectivity index (χ1) is 8.64. The molecule has 2 atom stereocenters. The number of pyridine rings is 1. The lowest BCUT2D eigenvalue weighted by Crippen LogP contribution is -2.41. The highest BCUT2D eigenvalue weighted by Crippen LogP contribution is 2.36. The number of halogens is 1. The van der Waals surface area contributed by atoms with Gasteiger partial charge in [-0.2, -0.15) is 5.26 Å². The van der Waals surface area contributed by atoms with Crippen molar-refractivity contribution in [3.05, 3.63) is 22.8 Å². The summed E-state index contributed by atoms with van der Waals surface area (Å²) in [6.07, 6.45) is 5.80. The summed E-state index contributed by atoms with van der Waals surface area (Å²) in [6.45, 7) is 0. The van der Waals surface area contributed by atoms with E-state index in [1.165, 1.54) is 0 Å². The van der Waals surface area contributed by atoms with Crippen LogP contribution in [-0.4, -0.2) is 16.3 Å². The number of nitrogens with zero attached hydrogens (tertiary/aromatic N) is 2. The number of nitriles is 1. The monoisotopic (exact) mass is 325 g/mol. The summed E-state index contributed by atoms with van der Waals surface area (Å²) in [4.78, 5) is 4.32. The van der Waals surface area contributed by atoms with Gasteiger partial charge in [0.05, 0.1) is 11.1 Å². The average Bonchev–Trinajstić information content (AvgIpc) is 2.74. The van der Waals surface area contributed by atoms with Gasteiger partial charge in [0.15, 0.2) is 0 Å². The highest BCUT2D eigenvalue weighted by molar-refractivity contribution is 9.10. The van der Waals surface area contributed by atoms with Crippen molar-refractivity contribution in [3.8, 4) is 6.07 Å². The standard InChI is InChI=1S/C13H16BrN3S/c14-11-3-4-12(17-8-11)18-7-5-10-2-1-6-13(10,16)9-15/h3-4,8,10H,1-2,5-7,16H2. The Morgan fingerprint density at radius 2 is 2.44 bits per heavy atom. The molecule has 0 bridgehead atoms. The van der Waals surface area contributed by atoms with E-state index in [2.05, 4.69) is 27.0 Å². The molecule has 3 nitrogen and oxygen atoms in total. The highest BCUT2D eigenvalue weighted by Gasteiger charge is 2.39. The zero-order valence-corrected chi connectivity index (χ0v) is 12.5. The molecule has 1 aliphatic carbocycles. The van der Waals surface area contributed by atoms with E-state index in [1.54, 1.807) is 18.0 Å². The first-order valence-electron chi connectivity index (χ1n) is 6.08. The maximum Gasteiger partial charge on any atom is 0.107 e. The lowest BCUT2D eigenvalue weighted by Gasteiger charge is -2.23. The van der Waals surface area contributed by atoms with Crippen LogP contribution >= 0.6 is 27.7 Å². The van der Waals surface area contributed by atoms with E-state index in [0.29, 0.717) is 5.92 Å². The van der Waals surface area contributed by atoms with Crippen molar-refractivity contribution >= 4 is 27.7 Å². The van der Waals surface area contributed by atoms with E-state index >= 15 is 0 Å². The molecule has 96 valence electrons.